The van der Waals surface area contributed by atoms with Crippen molar-refractivity contribution in [2.24, 2.45) is 17.8 Å². The lowest BCUT2D eigenvalue weighted by Crippen LogP contribution is -2.18. The van der Waals surface area contributed by atoms with E-state index in [1.165, 1.54) is 24.2 Å². The van der Waals surface area contributed by atoms with Gasteiger partial charge < -0.3 is 5.11 Å². The third-order valence-electron chi connectivity index (χ3n) is 4.27. The Morgan fingerprint density at radius 2 is 1.88 bits per heavy atom. The Kier molecular flexibility index (Phi) is 2.91. The van der Waals surface area contributed by atoms with Gasteiger partial charge in [-0.2, -0.15) is 0 Å². The first kappa shape index (κ1) is 11.2. The summed E-state index contributed by atoms with van der Waals surface area (Å²) in [7, 11) is 0. The second kappa shape index (κ2) is 4.41. The molecule has 2 aliphatic carbocycles. The minimum atomic E-state index is 0.356. The van der Waals surface area contributed by atoms with Gasteiger partial charge in [0.1, 0.15) is 5.75 Å². The van der Waals surface area contributed by atoms with Crippen LogP contribution in [-0.2, 0) is 0 Å². The van der Waals surface area contributed by atoms with Crippen LogP contribution in [0.2, 0.25) is 0 Å². The number of benzene rings is 1. The summed E-state index contributed by atoms with van der Waals surface area (Å²) in [5.41, 5.74) is 0. The van der Waals surface area contributed by atoms with Crippen molar-refractivity contribution in [1.29, 1.82) is 0 Å². The van der Waals surface area contributed by atoms with Crippen molar-refractivity contribution in [3.05, 3.63) is 36.9 Å². The molecule has 4 atom stereocenters. The van der Waals surface area contributed by atoms with Crippen molar-refractivity contribution >= 4 is 11.8 Å². The number of hydrogen-bond donors (Lipinski definition) is 1. The zero-order chi connectivity index (χ0) is 11.8. The van der Waals surface area contributed by atoms with Crippen LogP contribution in [0, 0.1) is 17.8 Å². The van der Waals surface area contributed by atoms with Gasteiger partial charge in [0.2, 0.25) is 0 Å². The summed E-state index contributed by atoms with van der Waals surface area (Å²) in [5.74, 6) is 2.89. The Morgan fingerprint density at radius 3 is 2.47 bits per heavy atom. The Bertz CT molecular complexity index is 411. The summed E-state index contributed by atoms with van der Waals surface area (Å²) in [6.07, 6.45) is 6.23. The van der Waals surface area contributed by atoms with Crippen LogP contribution in [0.3, 0.4) is 0 Å². The topological polar surface area (TPSA) is 20.2 Å². The maximum atomic E-state index is 9.27. The minimum absolute atomic E-state index is 0.356. The van der Waals surface area contributed by atoms with Crippen molar-refractivity contribution in [1.82, 2.24) is 0 Å². The fraction of sp³-hybridized carbons (Fsp3) is 0.467. The van der Waals surface area contributed by atoms with Crippen LogP contribution in [0.5, 0.6) is 5.75 Å². The highest BCUT2D eigenvalue weighted by molar-refractivity contribution is 8.00. The highest BCUT2D eigenvalue weighted by Gasteiger charge is 2.44. The first-order chi connectivity index (χ1) is 8.26. The van der Waals surface area contributed by atoms with E-state index in [0.717, 1.165) is 23.0 Å². The molecule has 2 aliphatic rings. The van der Waals surface area contributed by atoms with Gasteiger partial charge in [-0.05, 0) is 61.3 Å². The molecule has 3 rings (SSSR count). The van der Waals surface area contributed by atoms with Gasteiger partial charge in [0, 0.05) is 10.1 Å². The Hall–Kier alpha value is -0.890. The molecule has 1 N–H and O–H groups in total. The average Bonchev–Trinajstić information content (AvgIpc) is 2.91. The normalized spacial score (nSPS) is 35.1. The molecule has 90 valence electrons. The molecule has 0 aromatic heterocycles. The summed E-state index contributed by atoms with van der Waals surface area (Å²) in [6, 6.07) is 7.61. The molecule has 2 heteroatoms. The predicted octanol–water partition coefficient (Wildman–Crippen LogP) is 4.09. The summed E-state index contributed by atoms with van der Waals surface area (Å²) in [6.45, 7) is 3.95. The van der Waals surface area contributed by atoms with Gasteiger partial charge in [-0.1, -0.05) is 6.08 Å². The number of aromatic hydroxyl groups is 1. The fourth-order valence-corrected chi connectivity index (χ4v) is 4.80. The van der Waals surface area contributed by atoms with Crippen LogP contribution >= 0.6 is 11.8 Å². The van der Waals surface area contributed by atoms with Crippen molar-refractivity contribution in [2.75, 3.05) is 0 Å². The molecule has 0 heterocycles. The first-order valence-corrected chi connectivity index (χ1v) is 7.22. The molecular weight excluding hydrogens is 228 g/mol. The van der Waals surface area contributed by atoms with Crippen LogP contribution in [0.4, 0.5) is 0 Å². The van der Waals surface area contributed by atoms with Gasteiger partial charge in [0.05, 0.1) is 0 Å². The molecule has 0 spiro atoms. The summed E-state index contributed by atoms with van der Waals surface area (Å²) >= 11 is 1.99. The van der Waals surface area contributed by atoms with Crippen LogP contribution in [0.25, 0.3) is 0 Å². The molecule has 2 bridgehead atoms. The summed E-state index contributed by atoms with van der Waals surface area (Å²) in [5, 5.41) is 10.0. The zero-order valence-corrected chi connectivity index (χ0v) is 10.7. The van der Waals surface area contributed by atoms with Gasteiger partial charge in [-0.25, -0.2) is 0 Å². The van der Waals surface area contributed by atoms with Gasteiger partial charge in [-0.15, -0.1) is 18.3 Å². The zero-order valence-electron chi connectivity index (χ0n) is 9.88. The highest BCUT2D eigenvalue weighted by atomic mass is 32.2. The molecule has 0 radical (unpaired) electrons. The lowest BCUT2D eigenvalue weighted by atomic mass is 9.89. The summed E-state index contributed by atoms with van der Waals surface area (Å²) in [4.78, 5) is 1.29. The fourth-order valence-electron chi connectivity index (χ4n) is 3.40. The second-order valence-corrected chi connectivity index (χ2v) is 6.59. The largest absolute Gasteiger partial charge is 0.508 e. The van der Waals surface area contributed by atoms with Crippen LogP contribution in [-0.4, -0.2) is 10.4 Å². The van der Waals surface area contributed by atoms with Gasteiger partial charge in [0.15, 0.2) is 0 Å². The molecule has 1 aromatic rings. The molecule has 0 amide bonds. The van der Waals surface area contributed by atoms with E-state index in [2.05, 4.69) is 12.7 Å². The van der Waals surface area contributed by atoms with Gasteiger partial charge in [0.25, 0.3) is 0 Å². The van der Waals surface area contributed by atoms with E-state index in [4.69, 9.17) is 0 Å². The lowest BCUT2D eigenvalue weighted by molar-refractivity contribution is 0.403. The van der Waals surface area contributed by atoms with Crippen LogP contribution in [0.1, 0.15) is 19.3 Å². The standard InChI is InChI=1S/C15H18OS/c1-2-10-7-12-8-11(10)9-15(12)17-14-5-3-13(16)4-6-14/h2-6,10-12,15-16H,1,7-9H2. The molecular formula is C15H18OS. The van der Waals surface area contributed by atoms with Crippen molar-refractivity contribution in [3.63, 3.8) is 0 Å². The number of allylic oxidation sites excluding steroid dienone is 1. The molecule has 0 saturated heterocycles. The highest BCUT2D eigenvalue weighted by Crippen LogP contribution is 2.54. The Morgan fingerprint density at radius 1 is 1.12 bits per heavy atom. The van der Waals surface area contributed by atoms with Crippen molar-refractivity contribution in [3.8, 4) is 5.75 Å². The second-order valence-electron chi connectivity index (χ2n) is 5.28. The quantitative estimate of drug-likeness (QED) is 0.811. The maximum absolute atomic E-state index is 9.27. The predicted molar refractivity (Wildman–Crippen MR) is 72.3 cm³/mol. The van der Waals surface area contributed by atoms with Crippen LogP contribution in [0.15, 0.2) is 41.8 Å². The number of thioether (sulfide) groups is 1. The van der Waals surface area contributed by atoms with E-state index < -0.39 is 0 Å². The first-order valence-electron chi connectivity index (χ1n) is 6.34. The molecule has 2 saturated carbocycles. The van der Waals surface area contributed by atoms with E-state index in [9.17, 15) is 5.11 Å². The number of hydrogen-bond acceptors (Lipinski definition) is 2. The molecule has 1 nitrogen and oxygen atoms in total. The summed E-state index contributed by atoms with van der Waals surface area (Å²) < 4.78 is 0. The molecule has 4 unspecified atom stereocenters. The van der Waals surface area contributed by atoms with Crippen molar-refractivity contribution < 1.29 is 5.11 Å². The Balaban J connectivity index is 1.65. The van der Waals surface area contributed by atoms with E-state index in [-0.39, 0.29) is 0 Å². The van der Waals surface area contributed by atoms with Crippen LogP contribution < -0.4 is 0 Å². The van der Waals surface area contributed by atoms with Crippen molar-refractivity contribution in [2.45, 2.75) is 29.4 Å². The lowest BCUT2D eigenvalue weighted by Gasteiger charge is -2.25. The van der Waals surface area contributed by atoms with Gasteiger partial charge in [-0.3, -0.25) is 0 Å². The monoisotopic (exact) mass is 246 g/mol. The van der Waals surface area contributed by atoms with E-state index in [0.29, 0.717) is 5.75 Å². The molecule has 0 aliphatic heterocycles. The SMILES string of the molecule is C=CC1CC2CC1CC2Sc1ccc(O)cc1. The smallest absolute Gasteiger partial charge is 0.115 e. The number of fused-ring (bicyclic) bond motifs is 2. The molecule has 1 aromatic carbocycles. The van der Waals surface area contributed by atoms with E-state index in [1.54, 1.807) is 12.1 Å². The third kappa shape index (κ3) is 2.11. The van der Waals surface area contributed by atoms with E-state index >= 15 is 0 Å². The van der Waals surface area contributed by atoms with E-state index in [1.807, 2.05) is 23.9 Å². The third-order valence-corrected chi connectivity index (χ3v) is 5.70. The number of phenols is 1. The Labute approximate surface area is 107 Å². The average molecular weight is 246 g/mol. The number of rotatable bonds is 3. The molecule has 17 heavy (non-hydrogen) atoms. The minimum Gasteiger partial charge on any atom is -0.508 e. The molecule has 2 fully saturated rings. The number of phenolic OH excluding ortho intramolecular Hbond substituents is 1. The van der Waals surface area contributed by atoms with Gasteiger partial charge >= 0.3 is 0 Å². The maximum Gasteiger partial charge on any atom is 0.115 e.